The summed E-state index contributed by atoms with van der Waals surface area (Å²) in [6, 6.07) is 39.8. The van der Waals surface area contributed by atoms with E-state index >= 15 is 0 Å². The lowest BCUT2D eigenvalue weighted by molar-refractivity contribution is -0.985. The van der Waals surface area contributed by atoms with Crippen molar-refractivity contribution in [3.63, 3.8) is 0 Å². The summed E-state index contributed by atoms with van der Waals surface area (Å²) >= 11 is 0. The maximum absolute atomic E-state index is 7.24. The van der Waals surface area contributed by atoms with Crippen molar-refractivity contribution in [1.82, 2.24) is 4.98 Å². The average Bonchev–Trinajstić information content (AvgIpc) is 3.12. The van der Waals surface area contributed by atoms with Crippen LogP contribution in [0.1, 0.15) is 49.0 Å². The Morgan fingerprint density at radius 3 is 2.28 bits per heavy atom. The van der Waals surface area contributed by atoms with Crippen LogP contribution in [0.2, 0.25) is 0 Å². The highest BCUT2D eigenvalue weighted by Gasteiger charge is 2.55. The van der Waals surface area contributed by atoms with E-state index in [-0.39, 0.29) is 6.10 Å². The monoisotopic (exact) mass is 607 g/mol. The Labute approximate surface area is 272 Å². The molecule has 232 valence electrons. The molecule has 46 heavy (non-hydrogen) atoms. The van der Waals surface area contributed by atoms with Gasteiger partial charge in [-0.05, 0) is 63.7 Å². The van der Waals surface area contributed by atoms with Crippen LogP contribution in [0.4, 0.5) is 0 Å². The summed E-state index contributed by atoms with van der Waals surface area (Å²) in [6.45, 7) is 6.29. The highest BCUT2D eigenvalue weighted by Crippen LogP contribution is 2.50. The average molecular weight is 608 g/mol. The molecule has 4 heterocycles. The minimum Gasteiger partial charge on any atom is -0.496 e. The Balaban J connectivity index is 1.29. The van der Waals surface area contributed by atoms with E-state index in [1.807, 2.05) is 18.3 Å². The van der Waals surface area contributed by atoms with Gasteiger partial charge in [-0.2, -0.15) is 0 Å². The number of hydrogen-bond acceptors (Lipinski definition) is 3. The lowest BCUT2D eigenvalue weighted by atomic mass is 9.70. The largest absolute Gasteiger partial charge is 0.496 e. The third-order valence-corrected chi connectivity index (χ3v) is 11.3. The van der Waals surface area contributed by atoms with E-state index < -0.39 is 0 Å². The van der Waals surface area contributed by atoms with E-state index in [0.717, 1.165) is 39.7 Å². The number of pyridine rings is 1. The van der Waals surface area contributed by atoms with Crippen molar-refractivity contribution in [3.05, 3.63) is 132 Å². The number of piperidine rings is 3. The maximum atomic E-state index is 7.24. The molecule has 0 saturated carbocycles. The minimum atomic E-state index is -0.0836. The van der Waals surface area contributed by atoms with Crippen molar-refractivity contribution in [3.8, 4) is 5.75 Å². The second kappa shape index (κ2) is 12.2. The summed E-state index contributed by atoms with van der Waals surface area (Å²) < 4.78 is 14.1. The summed E-state index contributed by atoms with van der Waals surface area (Å²) in [4.78, 5) is 4.76. The molecule has 9 rings (SSSR count). The first kappa shape index (κ1) is 29.2. The van der Waals surface area contributed by atoms with Gasteiger partial charge in [0.05, 0.1) is 32.3 Å². The Hall–Kier alpha value is -4.25. The van der Waals surface area contributed by atoms with Crippen molar-refractivity contribution in [2.75, 3.05) is 20.2 Å². The van der Waals surface area contributed by atoms with Gasteiger partial charge in [-0.15, -0.1) is 0 Å². The lowest BCUT2D eigenvalue weighted by Crippen LogP contribution is -2.67. The third kappa shape index (κ3) is 5.05. The van der Waals surface area contributed by atoms with Crippen molar-refractivity contribution in [2.45, 2.75) is 51.5 Å². The van der Waals surface area contributed by atoms with E-state index in [4.69, 9.17) is 14.5 Å². The molecule has 5 atom stereocenters. The quantitative estimate of drug-likeness (QED) is 0.121. The standard InChI is InChI=1S/C42H43N2O2/c1-3-29-26-44(27-38-34-15-7-4-12-31(34)24-32-13-5-8-16-35(32)38)23-21-30(29)25-40(44)42(46-28-33-14-6-11-19-41(33)45-2)37-20-22-43-39-18-10-9-17-36(37)39/h4-20,22,24,29-30,40,42H,3,21,23,25-28H2,1-2H3/q+1/t29-,30-,40+,42+,44-/m0/s1. The third-order valence-electron chi connectivity index (χ3n) is 11.3. The van der Waals surface area contributed by atoms with Crippen LogP contribution < -0.4 is 4.74 Å². The van der Waals surface area contributed by atoms with Crippen LogP contribution in [0.15, 0.2) is 115 Å². The Morgan fingerprint density at radius 2 is 1.52 bits per heavy atom. The van der Waals surface area contributed by atoms with Gasteiger partial charge in [0.15, 0.2) is 0 Å². The van der Waals surface area contributed by atoms with Gasteiger partial charge in [0, 0.05) is 41.5 Å². The number of ether oxygens (including phenoxy) is 2. The number of aromatic nitrogens is 1. The Kier molecular flexibility index (Phi) is 7.72. The fourth-order valence-corrected chi connectivity index (χ4v) is 9.01. The summed E-state index contributed by atoms with van der Waals surface area (Å²) in [6.07, 6.45) is 5.59. The number of para-hydroxylation sites is 2. The zero-order chi connectivity index (χ0) is 31.1. The number of quaternary nitrogens is 1. The molecular formula is C42H43N2O2+. The number of hydrogen-bond donors (Lipinski definition) is 0. The van der Waals surface area contributed by atoms with Crippen LogP contribution >= 0.6 is 0 Å². The van der Waals surface area contributed by atoms with Gasteiger partial charge in [0.25, 0.3) is 0 Å². The van der Waals surface area contributed by atoms with E-state index in [1.165, 1.54) is 70.4 Å². The van der Waals surface area contributed by atoms with Gasteiger partial charge in [0.1, 0.15) is 24.4 Å². The van der Waals surface area contributed by atoms with Crippen LogP contribution in [0.25, 0.3) is 32.4 Å². The molecule has 0 spiro atoms. The van der Waals surface area contributed by atoms with Crippen LogP contribution in [0.5, 0.6) is 5.75 Å². The maximum Gasteiger partial charge on any atom is 0.135 e. The fraction of sp³-hybridized carbons (Fsp3) is 0.310. The molecule has 4 heteroatoms. The van der Waals surface area contributed by atoms with Gasteiger partial charge >= 0.3 is 0 Å². The van der Waals surface area contributed by atoms with Crippen molar-refractivity contribution < 1.29 is 14.0 Å². The number of rotatable bonds is 9. The molecule has 6 aromatic rings. The highest BCUT2D eigenvalue weighted by molar-refractivity contribution is 6.02. The van der Waals surface area contributed by atoms with Gasteiger partial charge < -0.3 is 14.0 Å². The molecule has 5 aromatic carbocycles. The van der Waals surface area contributed by atoms with Crippen LogP contribution in [0, 0.1) is 11.8 Å². The summed E-state index contributed by atoms with van der Waals surface area (Å²) in [7, 11) is 1.75. The number of methoxy groups -OCH3 is 1. The van der Waals surface area contributed by atoms with E-state index in [0.29, 0.717) is 12.6 Å². The topological polar surface area (TPSA) is 31.4 Å². The molecule has 2 bridgehead atoms. The molecule has 4 nitrogen and oxygen atoms in total. The number of nitrogens with zero attached hydrogens (tertiary/aromatic N) is 2. The zero-order valence-corrected chi connectivity index (χ0v) is 26.9. The number of fused-ring (bicyclic) bond motifs is 6. The predicted molar refractivity (Wildman–Crippen MR) is 188 cm³/mol. The zero-order valence-electron chi connectivity index (χ0n) is 26.9. The fourth-order valence-electron chi connectivity index (χ4n) is 9.01. The lowest BCUT2D eigenvalue weighted by Gasteiger charge is -2.59. The molecule has 0 N–H and O–H groups in total. The Bertz CT molecular complexity index is 1960. The molecule has 0 amide bonds. The van der Waals surface area contributed by atoms with E-state index in [2.05, 4.69) is 104 Å². The SMILES string of the molecule is CC[C@H]1C[N@+]2(Cc3c4ccccc4cc4ccccc34)CC[C@H]1C[C@@H]2[C@H](OCc1ccccc1OC)c1ccnc2ccccc12. The molecule has 0 radical (unpaired) electrons. The molecule has 1 aromatic heterocycles. The molecule has 3 aliphatic heterocycles. The minimum absolute atomic E-state index is 0.0836. The highest BCUT2D eigenvalue weighted by atomic mass is 16.5. The second-order valence-corrected chi connectivity index (χ2v) is 13.6. The van der Waals surface area contributed by atoms with Crippen LogP contribution in [0.3, 0.4) is 0 Å². The Morgan fingerprint density at radius 1 is 0.826 bits per heavy atom. The molecule has 0 aliphatic carbocycles. The molecule has 0 unspecified atom stereocenters. The molecular weight excluding hydrogens is 564 g/mol. The second-order valence-electron chi connectivity index (χ2n) is 13.6. The van der Waals surface area contributed by atoms with E-state index in [1.54, 1.807) is 7.11 Å². The number of benzene rings is 5. The first-order chi connectivity index (χ1) is 22.7. The molecule has 3 fully saturated rings. The normalized spacial score (nSPS) is 23.2. The van der Waals surface area contributed by atoms with Gasteiger partial charge in [-0.25, -0.2) is 0 Å². The first-order valence-electron chi connectivity index (χ1n) is 17.0. The molecule has 3 aliphatic rings. The molecule has 3 saturated heterocycles. The predicted octanol–water partition coefficient (Wildman–Crippen LogP) is 9.64. The van der Waals surface area contributed by atoms with Crippen molar-refractivity contribution >= 4 is 32.4 Å². The van der Waals surface area contributed by atoms with Gasteiger partial charge in [-0.1, -0.05) is 91.9 Å². The van der Waals surface area contributed by atoms with Crippen molar-refractivity contribution in [2.24, 2.45) is 11.8 Å². The summed E-state index contributed by atoms with van der Waals surface area (Å²) in [5.74, 6) is 2.34. The van der Waals surface area contributed by atoms with Crippen LogP contribution in [-0.2, 0) is 17.9 Å². The van der Waals surface area contributed by atoms with Crippen LogP contribution in [-0.4, -0.2) is 35.7 Å². The summed E-state index contributed by atoms with van der Waals surface area (Å²) in [5.41, 5.74) is 4.85. The van der Waals surface area contributed by atoms with E-state index in [9.17, 15) is 0 Å². The first-order valence-corrected chi connectivity index (χ1v) is 17.0. The van der Waals surface area contributed by atoms with Gasteiger partial charge in [0.2, 0.25) is 0 Å². The summed E-state index contributed by atoms with van der Waals surface area (Å²) in [5, 5.41) is 6.62. The van der Waals surface area contributed by atoms with Gasteiger partial charge in [-0.3, -0.25) is 4.98 Å². The smallest absolute Gasteiger partial charge is 0.135 e. The van der Waals surface area contributed by atoms with Crippen molar-refractivity contribution in [1.29, 1.82) is 0 Å².